The van der Waals surface area contributed by atoms with Crippen molar-refractivity contribution in [2.45, 2.75) is 19.4 Å². The highest BCUT2D eigenvalue weighted by Gasteiger charge is 2.01. The first-order chi connectivity index (χ1) is 10.2. The van der Waals surface area contributed by atoms with Gasteiger partial charge in [-0.3, -0.25) is 0 Å². The van der Waals surface area contributed by atoms with E-state index in [4.69, 9.17) is 10.5 Å². The number of ether oxygens (including phenoxy) is 1. The van der Waals surface area contributed by atoms with Crippen LogP contribution in [0.1, 0.15) is 12.5 Å². The summed E-state index contributed by atoms with van der Waals surface area (Å²) in [5.41, 5.74) is 7.04. The summed E-state index contributed by atoms with van der Waals surface area (Å²) in [4.78, 5) is 0. The molecule has 0 aliphatic rings. The minimum absolute atomic E-state index is 0.178. The Morgan fingerprint density at radius 3 is 2.24 bits per heavy atom. The molecule has 0 radical (unpaired) electrons. The summed E-state index contributed by atoms with van der Waals surface area (Å²) in [6.45, 7) is 2.01. The largest absolute Gasteiger partial charge is 0.457 e. The maximum atomic E-state index is 5.92. The van der Waals surface area contributed by atoms with Crippen molar-refractivity contribution in [1.29, 1.82) is 0 Å². The molecular formula is C19H19NO. The molecule has 0 saturated carbocycles. The van der Waals surface area contributed by atoms with Crippen LogP contribution in [0.25, 0.3) is 10.8 Å². The minimum atomic E-state index is 0.178. The van der Waals surface area contributed by atoms with Gasteiger partial charge in [-0.15, -0.1) is 0 Å². The molecule has 0 spiro atoms. The van der Waals surface area contributed by atoms with Crippen LogP contribution in [0.3, 0.4) is 0 Å². The topological polar surface area (TPSA) is 35.2 Å². The monoisotopic (exact) mass is 277 g/mol. The van der Waals surface area contributed by atoms with Gasteiger partial charge < -0.3 is 10.5 Å². The van der Waals surface area contributed by atoms with E-state index < -0.39 is 0 Å². The van der Waals surface area contributed by atoms with Crippen LogP contribution in [0.2, 0.25) is 0 Å². The fourth-order valence-electron chi connectivity index (χ4n) is 2.43. The summed E-state index contributed by atoms with van der Waals surface area (Å²) < 4.78 is 5.92. The number of hydrogen-bond donors (Lipinski definition) is 1. The molecule has 0 fully saturated rings. The normalized spacial score (nSPS) is 12.3. The molecule has 0 aromatic heterocycles. The van der Waals surface area contributed by atoms with Gasteiger partial charge in [-0.25, -0.2) is 0 Å². The quantitative estimate of drug-likeness (QED) is 0.761. The molecule has 0 amide bonds. The Labute approximate surface area is 125 Å². The molecule has 106 valence electrons. The SMILES string of the molecule is CC(N)Cc1ccc(Oc2ccc3ccccc3c2)cc1. The molecule has 0 bridgehead atoms. The highest BCUT2D eigenvalue weighted by atomic mass is 16.5. The Morgan fingerprint density at radius 1 is 0.857 bits per heavy atom. The van der Waals surface area contributed by atoms with Crippen molar-refractivity contribution in [3.05, 3.63) is 72.3 Å². The van der Waals surface area contributed by atoms with E-state index in [1.807, 2.05) is 37.3 Å². The third-order valence-corrected chi connectivity index (χ3v) is 3.44. The number of rotatable bonds is 4. The lowest BCUT2D eigenvalue weighted by Crippen LogP contribution is -2.17. The van der Waals surface area contributed by atoms with Gasteiger partial charge in [0.15, 0.2) is 0 Å². The number of hydrogen-bond acceptors (Lipinski definition) is 2. The fourth-order valence-corrected chi connectivity index (χ4v) is 2.43. The predicted octanol–water partition coefficient (Wildman–Crippen LogP) is 4.52. The van der Waals surface area contributed by atoms with Gasteiger partial charge in [0.25, 0.3) is 0 Å². The Bertz CT molecular complexity index is 732. The average molecular weight is 277 g/mol. The zero-order valence-electron chi connectivity index (χ0n) is 12.1. The van der Waals surface area contributed by atoms with Crippen LogP contribution in [-0.2, 0) is 6.42 Å². The molecule has 3 rings (SSSR count). The molecule has 0 aliphatic carbocycles. The van der Waals surface area contributed by atoms with E-state index >= 15 is 0 Å². The lowest BCUT2D eigenvalue weighted by atomic mass is 10.1. The molecule has 3 aromatic carbocycles. The summed E-state index contributed by atoms with van der Waals surface area (Å²) in [6, 6.07) is 22.7. The summed E-state index contributed by atoms with van der Waals surface area (Å²) in [6.07, 6.45) is 0.885. The third kappa shape index (κ3) is 3.41. The molecule has 1 atom stereocenters. The molecule has 2 N–H and O–H groups in total. The van der Waals surface area contributed by atoms with Gasteiger partial charge in [0.2, 0.25) is 0 Å². The maximum absolute atomic E-state index is 5.92. The summed E-state index contributed by atoms with van der Waals surface area (Å²) in [5, 5.41) is 2.40. The predicted molar refractivity (Wildman–Crippen MR) is 87.8 cm³/mol. The van der Waals surface area contributed by atoms with Crippen molar-refractivity contribution < 1.29 is 4.74 Å². The van der Waals surface area contributed by atoms with Crippen LogP contribution in [0, 0.1) is 0 Å². The van der Waals surface area contributed by atoms with Crippen molar-refractivity contribution in [2.75, 3.05) is 0 Å². The Kier molecular flexibility index (Phi) is 3.89. The van der Waals surface area contributed by atoms with Crippen LogP contribution in [-0.4, -0.2) is 6.04 Å². The first-order valence-corrected chi connectivity index (χ1v) is 7.22. The van der Waals surface area contributed by atoms with Crippen molar-refractivity contribution in [3.8, 4) is 11.5 Å². The second kappa shape index (κ2) is 5.98. The van der Waals surface area contributed by atoms with Crippen LogP contribution in [0.5, 0.6) is 11.5 Å². The second-order valence-corrected chi connectivity index (χ2v) is 5.44. The van der Waals surface area contributed by atoms with Crippen LogP contribution in [0.4, 0.5) is 0 Å². The first kappa shape index (κ1) is 13.7. The van der Waals surface area contributed by atoms with E-state index in [9.17, 15) is 0 Å². The molecule has 3 aromatic rings. The number of fused-ring (bicyclic) bond motifs is 1. The second-order valence-electron chi connectivity index (χ2n) is 5.44. The van der Waals surface area contributed by atoms with Crippen molar-refractivity contribution in [1.82, 2.24) is 0 Å². The molecule has 0 heterocycles. The minimum Gasteiger partial charge on any atom is -0.457 e. The van der Waals surface area contributed by atoms with Crippen LogP contribution in [0.15, 0.2) is 66.7 Å². The van der Waals surface area contributed by atoms with Crippen LogP contribution >= 0.6 is 0 Å². The Hall–Kier alpha value is -2.32. The van der Waals surface area contributed by atoms with E-state index in [0.717, 1.165) is 17.9 Å². The summed E-state index contributed by atoms with van der Waals surface area (Å²) >= 11 is 0. The molecule has 21 heavy (non-hydrogen) atoms. The number of benzene rings is 3. The van der Waals surface area contributed by atoms with Gasteiger partial charge in [0.1, 0.15) is 11.5 Å². The van der Waals surface area contributed by atoms with Crippen molar-refractivity contribution in [2.24, 2.45) is 5.73 Å². The Balaban J connectivity index is 1.78. The van der Waals surface area contributed by atoms with Gasteiger partial charge >= 0.3 is 0 Å². The highest BCUT2D eigenvalue weighted by molar-refractivity contribution is 5.83. The zero-order chi connectivity index (χ0) is 14.7. The molecular weight excluding hydrogens is 258 g/mol. The highest BCUT2D eigenvalue weighted by Crippen LogP contribution is 2.25. The summed E-state index contributed by atoms with van der Waals surface area (Å²) in [7, 11) is 0. The van der Waals surface area contributed by atoms with Crippen LogP contribution < -0.4 is 10.5 Å². The fraction of sp³-hybridized carbons (Fsp3) is 0.158. The lowest BCUT2D eigenvalue weighted by molar-refractivity contribution is 0.483. The molecule has 0 saturated heterocycles. The maximum Gasteiger partial charge on any atom is 0.128 e. The van der Waals surface area contributed by atoms with E-state index in [0.29, 0.717) is 0 Å². The van der Waals surface area contributed by atoms with Crippen molar-refractivity contribution >= 4 is 10.8 Å². The average Bonchev–Trinajstić information content (AvgIpc) is 2.49. The molecule has 0 aliphatic heterocycles. The van der Waals surface area contributed by atoms with Gasteiger partial charge in [-0.2, -0.15) is 0 Å². The van der Waals surface area contributed by atoms with Gasteiger partial charge in [-0.1, -0.05) is 42.5 Å². The molecule has 1 unspecified atom stereocenters. The lowest BCUT2D eigenvalue weighted by Gasteiger charge is -2.09. The first-order valence-electron chi connectivity index (χ1n) is 7.22. The zero-order valence-corrected chi connectivity index (χ0v) is 12.1. The summed E-state index contributed by atoms with van der Waals surface area (Å²) in [5.74, 6) is 1.70. The van der Waals surface area contributed by atoms with Gasteiger partial charge in [0.05, 0.1) is 0 Å². The smallest absolute Gasteiger partial charge is 0.128 e. The molecule has 2 heteroatoms. The van der Waals surface area contributed by atoms with E-state index in [1.165, 1.54) is 16.3 Å². The van der Waals surface area contributed by atoms with Gasteiger partial charge in [-0.05, 0) is 53.9 Å². The Morgan fingerprint density at radius 2 is 1.52 bits per heavy atom. The third-order valence-electron chi connectivity index (χ3n) is 3.44. The van der Waals surface area contributed by atoms with Crippen molar-refractivity contribution in [3.63, 3.8) is 0 Å². The van der Waals surface area contributed by atoms with E-state index in [2.05, 4.69) is 36.4 Å². The molecule has 2 nitrogen and oxygen atoms in total. The van der Waals surface area contributed by atoms with E-state index in [1.54, 1.807) is 0 Å². The van der Waals surface area contributed by atoms with E-state index in [-0.39, 0.29) is 6.04 Å². The standard InChI is InChI=1S/C19H19NO/c1-14(20)12-15-6-9-18(10-7-15)21-19-11-8-16-4-2-3-5-17(16)13-19/h2-11,13-14H,12,20H2,1H3. The number of nitrogens with two attached hydrogens (primary N) is 1. The van der Waals surface area contributed by atoms with Gasteiger partial charge in [0, 0.05) is 6.04 Å².